The fourth-order valence-electron chi connectivity index (χ4n) is 2.77. The van der Waals surface area contributed by atoms with Gasteiger partial charge in [-0.1, -0.05) is 30.2 Å². The van der Waals surface area contributed by atoms with E-state index in [1.807, 2.05) is 19.1 Å². The number of carbonyl (C=O) groups is 2. The molecule has 1 fully saturated rings. The third-order valence-electron chi connectivity index (χ3n) is 4.00. The van der Waals surface area contributed by atoms with Gasteiger partial charge in [0, 0.05) is 5.02 Å². The smallest absolute Gasteiger partial charge is 0.316 e. The van der Waals surface area contributed by atoms with Gasteiger partial charge in [0.05, 0.1) is 12.5 Å². The molecule has 4 heteroatoms. The Labute approximate surface area is 117 Å². The van der Waals surface area contributed by atoms with E-state index in [9.17, 15) is 9.59 Å². The van der Waals surface area contributed by atoms with Gasteiger partial charge < -0.3 is 4.74 Å². The minimum atomic E-state index is -0.639. The summed E-state index contributed by atoms with van der Waals surface area (Å²) in [6.07, 6.45) is 2.17. The molecule has 0 aliphatic heterocycles. The van der Waals surface area contributed by atoms with E-state index in [0.29, 0.717) is 11.4 Å². The van der Waals surface area contributed by atoms with Gasteiger partial charge in [-0.15, -0.1) is 0 Å². The van der Waals surface area contributed by atoms with E-state index >= 15 is 0 Å². The topological polar surface area (TPSA) is 43.4 Å². The minimum Gasteiger partial charge on any atom is -0.468 e. The lowest BCUT2D eigenvalue weighted by atomic mass is 9.66. The molecule has 2 atom stereocenters. The van der Waals surface area contributed by atoms with Crippen LogP contribution in [0.4, 0.5) is 0 Å². The quantitative estimate of drug-likeness (QED) is 0.617. The molecule has 0 bridgehead atoms. The van der Waals surface area contributed by atoms with E-state index in [1.165, 1.54) is 7.11 Å². The lowest BCUT2D eigenvalue weighted by Gasteiger charge is -2.36. The Balaban J connectivity index is 2.34. The molecule has 3 nitrogen and oxygen atoms in total. The van der Waals surface area contributed by atoms with Crippen molar-refractivity contribution in [1.29, 1.82) is 0 Å². The van der Waals surface area contributed by atoms with E-state index in [1.54, 1.807) is 12.1 Å². The Bertz CT molecular complexity index is 495. The summed E-state index contributed by atoms with van der Waals surface area (Å²) in [7, 11) is 1.32. The predicted molar refractivity (Wildman–Crippen MR) is 73.2 cm³/mol. The average Bonchev–Trinajstić information content (AvgIpc) is 2.42. The van der Waals surface area contributed by atoms with Gasteiger partial charge in [-0.05, 0) is 37.5 Å². The molecular weight excluding hydrogens is 264 g/mol. The summed E-state index contributed by atoms with van der Waals surface area (Å²) in [4.78, 5) is 24.3. The first-order valence-electron chi connectivity index (χ1n) is 6.37. The summed E-state index contributed by atoms with van der Waals surface area (Å²) in [6.45, 7) is 1.90. The summed E-state index contributed by atoms with van der Waals surface area (Å²) in [5.74, 6) is -1.11. The molecule has 19 heavy (non-hydrogen) atoms. The molecule has 1 aliphatic rings. The molecule has 1 aromatic rings. The number of Topliss-reactive ketones (excluding diaryl/α,β-unsaturated/α-hetero) is 1. The van der Waals surface area contributed by atoms with E-state index in [4.69, 9.17) is 16.3 Å². The molecule has 2 rings (SSSR count). The zero-order valence-corrected chi connectivity index (χ0v) is 11.9. The summed E-state index contributed by atoms with van der Waals surface area (Å²) in [5.41, 5.74) is 0.289. The fraction of sp³-hybridized carbons (Fsp3) is 0.467. The van der Waals surface area contributed by atoms with Gasteiger partial charge in [0.25, 0.3) is 0 Å². The number of carbonyl (C=O) groups excluding carboxylic acids is 2. The summed E-state index contributed by atoms with van der Waals surface area (Å²) >= 11 is 5.87. The first kappa shape index (κ1) is 14.1. The highest BCUT2D eigenvalue weighted by Crippen LogP contribution is 2.39. The minimum absolute atomic E-state index is 0.0482. The van der Waals surface area contributed by atoms with Gasteiger partial charge in [-0.2, -0.15) is 0 Å². The lowest BCUT2D eigenvalue weighted by Crippen LogP contribution is -2.44. The van der Waals surface area contributed by atoms with Crippen molar-refractivity contribution < 1.29 is 14.3 Å². The highest BCUT2D eigenvalue weighted by Gasteiger charge is 2.45. The van der Waals surface area contributed by atoms with Crippen LogP contribution < -0.4 is 0 Å². The van der Waals surface area contributed by atoms with Crippen LogP contribution in [0.25, 0.3) is 0 Å². The summed E-state index contributed by atoms with van der Waals surface area (Å²) < 4.78 is 4.73. The first-order valence-corrected chi connectivity index (χ1v) is 6.75. The highest BCUT2D eigenvalue weighted by molar-refractivity contribution is 6.30. The monoisotopic (exact) mass is 280 g/mol. The molecule has 1 saturated carbocycles. The maximum atomic E-state index is 12.6. The van der Waals surface area contributed by atoms with Gasteiger partial charge in [-0.3, -0.25) is 9.59 Å². The van der Waals surface area contributed by atoms with Gasteiger partial charge in [0.2, 0.25) is 0 Å². The van der Waals surface area contributed by atoms with Crippen molar-refractivity contribution in [2.24, 2.45) is 5.92 Å². The number of benzene rings is 1. The predicted octanol–water partition coefficient (Wildman–Crippen LogP) is 3.14. The average molecular weight is 281 g/mol. The first-order chi connectivity index (χ1) is 8.99. The van der Waals surface area contributed by atoms with Gasteiger partial charge in [0.1, 0.15) is 5.92 Å². The summed E-state index contributed by atoms with van der Waals surface area (Å²) in [5, 5.41) is 0.639. The van der Waals surface area contributed by atoms with Crippen LogP contribution in [0.15, 0.2) is 24.3 Å². The molecule has 1 aliphatic carbocycles. The van der Waals surface area contributed by atoms with Gasteiger partial charge >= 0.3 is 5.97 Å². The number of methoxy groups -OCH3 is 1. The number of ether oxygens (including phenoxy) is 1. The van der Waals surface area contributed by atoms with Crippen LogP contribution in [-0.4, -0.2) is 18.9 Å². The van der Waals surface area contributed by atoms with Crippen LogP contribution in [0.3, 0.4) is 0 Å². The molecule has 102 valence electrons. The Hall–Kier alpha value is -1.35. The molecule has 2 unspecified atom stereocenters. The van der Waals surface area contributed by atoms with Crippen LogP contribution in [0, 0.1) is 5.92 Å². The van der Waals surface area contributed by atoms with E-state index in [-0.39, 0.29) is 5.78 Å². The van der Waals surface area contributed by atoms with Gasteiger partial charge in [0.15, 0.2) is 5.78 Å². The third kappa shape index (κ3) is 2.52. The second kappa shape index (κ2) is 5.33. The van der Waals surface area contributed by atoms with Crippen LogP contribution in [0.5, 0.6) is 0 Å². The van der Waals surface area contributed by atoms with E-state index in [0.717, 1.165) is 18.4 Å². The van der Waals surface area contributed by atoms with Crippen molar-refractivity contribution in [2.45, 2.75) is 31.6 Å². The molecule has 0 amide bonds. The standard InChI is InChI=1S/C15H17ClO3/c1-15(10-5-7-11(16)8-6-10)9-3-4-12(13(15)17)14(18)19-2/h5-8,12H,3-4,9H2,1-2H3. The molecular formula is C15H17ClO3. The Morgan fingerprint density at radius 1 is 1.37 bits per heavy atom. The molecule has 0 radical (unpaired) electrons. The van der Waals surface area contributed by atoms with E-state index < -0.39 is 17.3 Å². The largest absolute Gasteiger partial charge is 0.468 e. The number of esters is 1. The number of hydrogen-bond acceptors (Lipinski definition) is 3. The van der Waals surface area contributed by atoms with Crippen LogP contribution in [0.1, 0.15) is 31.7 Å². The second-order valence-electron chi connectivity index (χ2n) is 5.17. The van der Waals surface area contributed by atoms with Crippen molar-refractivity contribution in [3.05, 3.63) is 34.9 Å². The fourth-order valence-corrected chi connectivity index (χ4v) is 2.90. The molecule has 0 heterocycles. The second-order valence-corrected chi connectivity index (χ2v) is 5.61. The summed E-state index contributed by atoms with van der Waals surface area (Å²) in [6, 6.07) is 7.27. The molecule has 0 spiro atoms. The molecule has 0 aromatic heterocycles. The van der Waals surface area contributed by atoms with Crippen molar-refractivity contribution in [3.8, 4) is 0 Å². The Kier molecular flexibility index (Phi) is 3.95. The van der Waals surface area contributed by atoms with Crippen LogP contribution in [-0.2, 0) is 19.7 Å². The highest BCUT2D eigenvalue weighted by atomic mass is 35.5. The molecule has 0 saturated heterocycles. The van der Waals surface area contributed by atoms with Crippen molar-refractivity contribution in [1.82, 2.24) is 0 Å². The lowest BCUT2D eigenvalue weighted by molar-refractivity contribution is -0.152. The zero-order valence-electron chi connectivity index (χ0n) is 11.1. The van der Waals surface area contributed by atoms with Crippen molar-refractivity contribution in [3.63, 3.8) is 0 Å². The van der Waals surface area contributed by atoms with Crippen molar-refractivity contribution >= 4 is 23.4 Å². The normalized spacial score (nSPS) is 27.1. The Morgan fingerprint density at radius 3 is 2.58 bits per heavy atom. The zero-order chi connectivity index (χ0) is 14.0. The molecule has 1 aromatic carbocycles. The van der Waals surface area contributed by atoms with Crippen LogP contribution in [0.2, 0.25) is 5.02 Å². The van der Waals surface area contributed by atoms with Crippen molar-refractivity contribution in [2.75, 3.05) is 7.11 Å². The maximum Gasteiger partial charge on any atom is 0.316 e. The van der Waals surface area contributed by atoms with Crippen LogP contribution >= 0.6 is 11.6 Å². The van der Waals surface area contributed by atoms with E-state index in [2.05, 4.69) is 0 Å². The number of halogens is 1. The number of hydrogen-bond donors (Lipinski definition) is 0. The maximum absolute atomic E-state index is 12.6. The third-order valence-corrected chi connectivity index (χ3v) is 4.25. The Morgan fingerprint density at radius 2 is 2.00 bits per heavy atom. The SMILES string of the molecule is COC(=O)C1CCCC(C)(c2ccc(Cl)cc2)C1=O. The molecule has 0 N–H and O–H groups in total. The van der Waals surface area contributed by atoms with Gasteiger partial charge in [-0.25, -0.2) is 0 Å². The number of rotatable bonds is 2. The number of ketones is 1.